The molecule has 0 bridgehead atoms. The zero-order valence-corrected chi connectivity index (χ0v) is 12.4. The number of aryl methyl sites for hydroxylation is 1. The van der Waals surface area contributed by atoms with E-state index in [9.17, 15) is 0 Å². The van der Waals surface area contributed by atoms with Gasteiger partial charge in [0.2, 0.25) is 5.95 Å². The molecule has 4 nitrogen and oxygen atoms in total. The number of pyridine rings is 1. The van der Waals surface area contributed by atoms with Crippen LogP contribution >= 0.6 is 27.5 Å². The lowest BCUT2D eigenvalue weighted by atomic mass is 10.2. The zero-order valence-electron chi connectivity index (χ0n) is 10.1. The molecule has 0 fully saturated rings. The van der Waals surface area contributed by atoms with Gasteiger partial charge in [0.25, 0.3) is 0 Å². The summed E-state index contributed by atoms with van der Waals surface area (Å²) >= 11 is 9.65. The molecular weight excluding hydrogens is 328 g/mol. The first kappa shape index (κ1) is 12.4. The molecule has 6 heteroatoms. The Kier molecular flexibility index (Phi) is 2.95. The summed E-state index contributed by atoms with van der Waals surface area (Å²) in [5, 5.41) is 0.587. The molecule has 2 N–H and O–H groups in total. The van der Waals surface area contributed by atoms with Gasteiger partial charge in [0.1, 0.15) is 5.52 Å². The number of rotatable bonds is 1. The smallest absolute Gasteiger partial charge is 0.207 e. The van der Waals surface area contributed by atoms with Crippen molar-refractivity contribution in [1.29, 1.82) is 0 Å². The molecule has 0 spiro atoms. The number of aromatic nitrogens is 3. The Bertz CT molecular complexity index is 782. The van der Waals surface area contributed by atoms with Crippen molar-refractivity contribution >= 4 is 44.6 Å². The Morgan fingerprint density at radius 1 is 1.32 bits per heavy atom. The van der Waals surface area contributed by atoms with Gasteiger partial charge >= 0.3 is 0 Å². The maximum Gasteiger partial charge on any atom is 0.207 e. The fraction of sp³-hybridized carbons (Fsp3) is 0.0769. The Balaban J connectivity index is 2.36. The first-order valence-electron chi connectivity index (χ1n) is 5.63. The van der Waals surface area contributed by atoms with E-state index in [1.807, 2.05) is 31.2 Å². The largest absolute Gasteiger partial charge is 0.369 e. The SMILES string of the molecule is Cc1ccnc2c1nc(N)n2-c1ccc(Br)cc1Cl. The first-order chi connectivity index (χ1) is 9.08. The number of hydrogen-bond acceptors (Lipinski definition) is 3. The topological polar surface area (TPSA) is 56.7 Å². The van der Waals surface area contributed by atoms with Crippen LogP contribution in [0.15, 0.2) is 34.9 Å². The molecule has 3 aromatic rings. The van der Waals surface area contributed by atoms with Crippen molar-refractivity contribution in [2.45, 2.75) is 6.92 Å². The lowest BCUT2D eigenvalue weighted by Crippen LogP contribution is -2.02. The number of anilines is 1. The summed E-state index contributed by atoms with van der Waals surface area (Å²) in [7, 11) is 0. The van der Waals surface area contributed by atoms with Gasteiger partial charge in [0.05, 0.1) is 10.7 Å². The molecule has 96 valence electrons. The molecule has 0 aliphatic heterocycles. The molecule has 19 heavy (non-hydrogen) atoms. The van der Waals surface area contributed by atoms with Crippen LogP contribution in [0.1, 0.15) is 5.56 Å². The summed E-state index contributed by atoms with van der Waals surface area (Å²) in [5.74, 6) is 0.376. The third-order valence-corrected chi connectivity index (χ3v) is 3.72. The average molecular weight is 338 g/mol. The van der Waals surface area contributed by atoms with E-state index in [-0.39, 0.29) is 0 Å². The predicted octanol–water partition coefficient (Wildman–Crippen LogP) is 3.73. The molecule has 0 amide bonds. The van der Waals surface area contributed by atoms with E-state index >= 15 is 0 Å². The minimum Gasteiger partial charge on any atom is -0.369 e. The van der Waals surface area contributed by atoms with Crippen LogP contribution in [0.2, 0.25) is 5.02 Å². The van der Waals surface area contributed by atoms with Crippen LogP contribution in [0.25, 0.3) is 16.9 Å². The third-order valence-electron chi connectivity index (χ3n) is 2.92. The minimum absolute atomic E-state index is 0.376. The van der Waals surface area contributed by atoms with Crippen molar-refractivity contribution in [2.24, 2.45) is 0 Å². The Morgan fingerprint density at radius 3 is 2.84 bits per heavy atom. The van der Waals surface area contributed by atoms with Crippen molar-refractivity contribution in [3.8, 4) is 5.69 Å². The Morgan fingerprint density at radius 2 is 2.11 bits per heavy atom. The summed E-state index contributed by atoms with van der Waals surface area (Å²) in [6, 6.07) is 7.51. The van der Waals surface area contributed by atoms with Crippen molar-refractivity contribution < 1.29 is 0 Å². The van der Waals surface area contributed by atoms with E-state index < -0.39 is 0 Å². The number of imidazole rings is 1. The number of hydrogen-bond donors (Lipinski definition) is 1. The number of nitrogens with two attached hydrogens (primary N) is 1. The molecule has 0 saturated carbocycles. The van der Waals surface area contributed by atoms with Crippen molar-refractivity contribution in [3.05, 3.63) is 45.5 Å². The maximum atomic E-state index is 6.27. The van der Waals surface area contributed by atoms with Gasteiger partial charge in [-0.3, -0.25) is 4.57 Å². The molecule has 0 radical (unpaired) electrons. The molecular formula is C13H10BrClN4. The lowest BCUT2D eigenvalue weighted by Gasteiger charge is -2.08. The molecule has 3 rings (SSSR count). The monoisotopic (exact) mass is 336 g/mol. The van der Waals surface area contributed by atoms with Crippen LogP contribution in [0.3, 0.4) is 0 Å². The molecule has 1 aromatic carbocycles. The Labute approximate surface area is 123 Å². The van der Waals surface area contributed by atoms with Crippen LogP contribution < -0.4 is 5.73 Å². The molecule has 0 aliphatic rings. The van der Waals surface area contributed by atoms with Gasteiger partial charge in [-0.25, -0.2) is 9.97 Å². The number of nitrogen functional groups attached to an aromatic ring is 1. The highest BCUT2D eigenvalue weighted by molar-refractivity contribution is 9.10. The van der Waals surface area contributed by atoms with Crippen molar-refractivity contribution in [1.82, 2.24) is 14.5 Å². The highest BCUT2D eigenvalue weighted by Crippen LogP contribution is 2.30. The van der Waals surface area contributed by atoms with E-state index in [4.69, 9.17) is 17.3 Å². The van der Waals surface area contributed by atoms with Gasteiger partial charge in [0, 0.05) is 10.7 Å². The molecule has 0 unspecified atom stereocenters. The minimum atomic E-state index is 0.376. The second kappa shape index (κ2) is 4.51. The van der Waals surface area contributed by atoms with Crippen LogP contribution in [-0.2, 0) is 0 Å². The molecule has 2 heterocycles. The number of benzene rings is 1. The summed E-state index contributed by atoms with van der Waals surface area (Å²) in [4.78, 5) is 8.71. The standard InChI is InChI=1S/C13H10BrClN4/c1-7-4-5-17-12-11(7)18-13(16)19(12)10-3-2-8(14)6-9(10)15/h2-6H,1H3,(H2,16,18). The van der Waals surface area contributed by atoms with E-state index in [1.165, 1.54) is 0 Å². The molecule has 2 aromatic heterocycles. The van der Waals surface area contributed by atoms with Crippen LogP contribution in [0.5, 0.6) is 0 Å². The normalized spacial score (nSPS) is 11.1. The van der Waals surface area contributed by atoms with Crippen LogP contribution in [0.4, 0.5) is 5.95 Å². The quantitative estimate of drug-likeness (QED) is 0.736. The van der Waals surface area contributed by atoms with Gasteiger partial charge in [0.15, 0.2) is 5.65 Å². The highest BCUT2D eigenvalue weighted by atomic mass is 79.9. The average Bonchev–Trinajstić information content (AvgIpc) is 2.68. The molecule has 0 saturated heterocycles. The van der Waals surface area contributed by atoms with Crippen LogP contribution in [-0.4, -0.2) is 14.5 Å². The van der Waals surface area contributed by atoms with Gasteiger partial charge in [-0.15, -0.1) is 0 Å². The van der Waals surface area contributed by atoms with E-state index in [0.29, 0.717) is 16.6 Å². The molecule has 0 aliphatic carbocycles. The van der Waals surface area contributed by atoms with E-state index in [0.717, 1.165) is 21.2 Å². The van der Waals surface area contributed by atoms with Gasteiger partial charge < -0.3 is 5.73 Å². The van der Waals surface area contributed by atoms with Gasteiger partial charge in [-0.1, -0.05) is 27.5 Å². The maximum absolute atomic E-state index is 6.27. The second-order valence-electron chi connectivity index (χ2n) is 4.20. The zero-order chi connectivity index (χ0) is 13.6. The first-order valence-corrected chi connectivity index (χ1v) is 6.80. The number of fused-ring (bicyclic) bond motifs is 1. The third kappa shape index (κ3) is 1.99. The van der Waals surface area contributed by atoms with E-state index in [1.54, 1.807) is 10.8 Å². The second-order valence-corrected chi connectivity index (χ2v) is 5.52. The van der Waals surface area contributed by atoms with Crippen molar-refractivity contribution in [2.75, 3.05) is 5.73 Å². The predicted molar refractivity (Wildman–Crippen MR) is 80.7 cm³/mol. The lowest BCUT2D eigenvalue weighted by molar-refractivity contribution is 1.08. The summed E-state index contributed by atoms with van der Waals surface area (Å²) in [5.41, 5.74) is 9.30. The fourth-order valence-corrected chi connectivity index (χ4v) is 2.77. The summed E-state index contributed by atoms with van der Waals surface area (Å²) in [6.07, 6.45) is 1.74. The number of nitrogens with zero attached hydrogens (tertiary/aromatic N) is 3. The number of halogens is 2. The summed E-state index contributed by atoms with van der Waals surface area (Å²) < 4.78 is 2.67. The fourth-order valence-electron chi connectivity index (χ4n) is 2.01. The van der Waals surface area contributed by atoms with E-state index in [2.05, 4.69) is 25.9 Å². The van der Waals surface area contributed by atoms with Gasteiger partial charge in [-0.2, -0.15) is 0 Å². The Hall–Kier alpha value is -1.59. The van der Waals surface area contributed by atoms with Crippen LogP contribution in [0, 0.1) is 6.92 Å². The highest BCUT2D eigenvalue weighted by Gasteiger charge is 2.14. The molecule has 0 atom stereocenters. The summed E-state index contributed by atoms with van der Waals surface area (Å²) in [6.45, 7) is 1.98. The van der Waals surface area contributed by atoms with Gasteiger partial charge in [-0.05, 0) is 36.8 Å². The van der Waals surface area contributed by atoms with Crippen molar-refractivity contribution in [3.63, 3.8) is 0 Å².